The standard InChI is InChI=1S/C14H24N4/c1-2-15-12-5-3-4-6-13(12)18-10-9-17-8-7-16-14(17)11-18/h7-8,12-13,15H,2-6,9-11H2,1H3. The maximum atomic E-state index is 4.47. The summed E-state index contributed by atoms with van der Waals surface area (Å²) >= 11 is 0. The molecule has 1 N–H and O–H groups in total. The van der Waals surface area contributed by atoms with Crippen molar-refractivity contribution in [3.63, 3.8) is 0 Å². The van der Waals surface area contributed by atoms with E-state index < -0.39 is 0 Å². The highest BCUT2D eigenvalue weighted by Gasteiger charge is 2.31. The van der Waals surface area contributed by atoms with E-state index in [-0.39, 0.29) is 0 Å². The first-order chi connectivity index (χ1) is 8.88. The fourth-order valence-corrected chi connectivity index (χ4v) is 3.52. The quantitative estimate of drug-likeness (QED) is 0.882. The van der Waals surface area contributed by atoms with Gasteiger partial charge < -0.3 is 9.88 Å². The zero-order valence-corrected chi connectivity index (χ0v) is 11.3. The van der Waals surface area contributed by atoms with Crippen LogP contribution in [0.1, 0.15) is 38.4 Å². The van der Waals surface area contributed by atoms with Crippen LogP contribution in [0.2, 0.25) is 0 Å². The van der Waals surface area contributed by atoms with Crippen molar-refractivity contribution in [2.45, 2.75) is 57.8 Å². The number of hydrogen-bond acceptors (Lipinski definition) is 3. The summed E-state index contributed by atoms with van der Waals surface area (Å²) in [5.41, 5.74) is 0. The van der Waals surface area contributed by atoms with E-state index in [1.54, 1.807) is 0 Å². The monoisotopic (exact) mass is 248 g/mol. The second kappa shape index (κ2) is 5.41. The molecule has 1 fully saturated rings. The zero-order chi connectivity index (χ0) is 12.4. The molecule has 4 nitrogen and oxygen atoms in total. The van der Waals surface area contributed by atoms with Gasteiger partial charge in [-0.25, -0.2) is 4.98 Å². The van der Waals surface area contributed by atoms with Crippen molar-refractivity contribution in [2.24, 2.45) is 0 Å². The predicted octanol–water partition coefficient (Wildman–Crippen LogP) is 1.62. The smallest absolute Gasteiger partial charge is 0.122 e. The molecule has 2 aliphatic rings. The topological polar surface area (TPSA) is 33.1 Å². The molecular weight excluding hydrogens is 224 g/mol. The fourth-order valence-electron chi connectivity index (χ4n) is 3.52. The first kappa shape index (κ1) is 12.2. The Hall–Kier alpha value is -0.870. The summed E-state index contributed by atoms with van der Waals surface area (Å²) in [6, 6.07) is 1.40. The van der Waals surface area contributed by atoms with Gasteiger partial charge in [0.2, 0.25) is 0 Å². The lowest BCUT2D eigenvalue weighted by molar-refractivity contribution is 0.0935. The molecule has 1 saturated carbocycles. The van der Waals surface area contributed by atoms with E-state index in [1.165, 1.54) is 38.1 Å². The molecule has 0 spiro atoms. The molecule has 4 heteroatoms. The minimum atomic E-state index is 0.685. The van der Waals surface area contributed by atoms with E-state index in [4.69, 9.17) is 0 Å². The molecular formula is C14H24N4. The first-order valence-electron chi connectivity index (χ1n) is 7.36. The maximum Gasteiger partial charge on any atom is 0.122 e. The lowest BCUT2D eigenvalue weighted by atomic mass is 9.88. The van der Waals surface area contributed by atoms with Crippen LogP contribution in [0.4, 0.5) is 0 Å². The van der Waals surface area contributed by atoms with Gasteiger partial charge in [0, 0.05) is 37.6 Å². The van der Waals surface area contributed by atoms with Gasteiger partial charge in [-0.3, -0.25) is 4.90 Å². The average Bonchev–Trinajstić information content (AvgIpc) is 2.87. The number of imidazole rings is 1. The van der Waals surface area contributed by atoms with Gasteiger partial charge in [-0.15, -0.1) is 0 Å². The molecule has 18 heavy (non-hydrogen) atoms. The van der Waals surface area contributed by atoms with E-state index in [0.717, 1.165) is 19.6 Å². The lowest BCUT2D eigenvalue weighted by Crippen LogP contribution is -2.53. The van der Waals surface area contributed by atoms with Crippen molar-refractivity contribution in [3.05, 3.63) is 18.2 Å². The zero-order valence-electron chi connectivity index (χ0n) is 11.3. The SMILES string of the molecule is CCNC1CCCCC1N1CCn2ccnc2C1. The van der Waals surface area contributed by atoms with E-state index in [0.29, 0.717) is 12.1 Å². The van der Waals surface area contributed by atoms with Crippen molar-refractivity contribution in [2.75, 3.05) is 13.1 Å². The van der Waals surface area contributed by atoms with Crippen LogP contribution in [-0.2, 0) is 13.1 Å². The number of nitrogens with one attached hydrogen (secondary N) is 1. The van der Waals surface area contributed by atoms with Crippen LogP contribution < -0.4 is 5.32 Å². The van der Waals surface area contributed by atoms with Gasteiger partial charge in [0.15, 0.2) is 0 Å². The Labute approximate surface area is 109 Å². The summed E-state index contributed by atoms with van der Waals surface area (Å²) in [4.78, 5) is 7.12. The summed E-state index contributed by atoms with van der Waals surface area (Å²) < 4.78 is 2.29. The highest BCUT2D eigenvalue weighted by molar-refractivity contribution is 4.99. The molecule has 2 heterocycles. The van der Waals surface area contributed by atoms with Gasteiger partial charge in [0.05, 0.1) is 6.54 Å². The van der Waals surface area contributed by atoms with Gasteiger partial charge >= 0.3 is 0 Å². The molecule has 1 aromatic heterocycles. The average molecular weight is 248 g/mol. The Bertz CT molecular complexity index is 385. The van der Waals surface area contributed by atoms with Gasteiger partial charge in [0.1, 0.15) is 5.82 Å². The molecule has 0 amide bonds. The Morgan fingerprint density at radius 2 is 2.22 bits per heavy atom. The highest BCUT2D eigenvalue weighted by atomic mass is 15.3. The molecule has 1 aliphatic carbocycles. The van der Waals surface area contributed by atoms with Crippen molar-refractivity contribution in [1.82, 2.24) is 19.8 Å². The molecule has 3 rings (SSSR count). The van der Waals surface area contributed by atoms with Crippen molar-refractivity contribution < 1.29 is 0 Å². The van der Waals surface area contributed by atoms with Crippen LogP contribution in [0.3, 0.4) is 0 Å². The number of likely N-dealkylation sites (N-methyl/N-ethyl adjacent to an activating group) is 1. The Morgan fingerprint density at radius 1 is 1.33 bits per heavy atom. The predicted molar refractivity (Wildman–Crippen MR) is 72.4 cm³/mol. The summed E-state index contributed by atoms with van der Waals surface area (Å²) in [6.07, 6.45) is 9.49. The van der Waals surface area contributed by atoms with E-state index >= 15 is 0 Å². The van der Waals surface area contributed by atoms with E-state index in [9.17, 15) is 0 Å². The van der Waals surface area contributed by atoms with Crippen molar-refractivity contribution >= 4 is 0 Å². The minimum Gasteiger partial charge on any atom is -0.333 e. The van der Waals surface area contributed by atoms with Crippen LogP contribution in [0.5, 0.6) is 0 Å². The summed E-state index contributed by atoms with van der Waals surface area (Å²) in [7, 11) is 0. The number of aromatic nitrogens is 2. The second-order valence-corrected chi connectivity index (χ2v) is 5.52. The third-order valence-corrected chi connectivity index (χ3v) is 4.44. The molecule has 0 bridgehead atoms. The van der Waals surface area contributed by atoms with Crippen LogP contribution in [0.25, 0.3) is 0 Å². The Morgan fingerprint density at radius 3 is 3.11 bits per heavy atom. The molecule has 1 aliphatic heterocycles. The van der Waals surface area contributed by atoms with Crippen LogP contribution in [0, 0.1) is 0 Å². The Kier molecular flexibility index (Phi) is 3.66. The van der Waals surface area contributed by atoms with Gasteiger partial charge in [-0.1, -0.05) is 19.8 Å². The molecule has 1 aromatic rings. The van der Waals surface area contributed by atoms with Gasteiger partial charge in [-0.2, -0.15) is 0 Å². The number of nitrogens with zero attached hydrogens (tertiary/aromatic N) is 3. The third kappa shape index (κ3) is 2.31. The normalized spacial score (nSPS) is 29.2. The number of fused-ring (bicyclic) bond motifs is 1. The largest absolute Gasteiger partial charge is 0.333 e. The van der Waals surface area contributed by atoms with Gasteiger partial charge in [-0.05, 0) is 19.4 Å². The molecule has 0 aromatic carbocycles. The van der Waals surface area contributed by atoms with Gasteiger partial charge in [0.25, 0.3) is 0 Å². The number of hydrogen-bond donors (Lipinski definition) is 1. The maximum absolute atomic E-state index is 4.47. The van der Waals surface area contributed by atoms with E-state index in [2.05, 4.69) is 32.9 Å². The molecule has 0 saturated heterocycles. The first-order valence-corrected chi connectivity index (χ1v) is 7.36. The fraction of sp³-hybridized carbons (Fsp3) is 0.786. The summed E-state index contributed by atoms with van der Waals surface area (Å²) in [6.45, 7) is 6.61. The van der Waals surface area contributed by atoms with Crippen molar-refractivity contribution in [1.29, 1.82) is 0 Å². The minimum absolute atomic E-state index is 0.685. The molecule has 2 unspecified atom stereocenters. The third-order valence-electron chi connectivity index (χ3n) is 4.44. The van der Waals surface area contributed by atoms with Crippen LogP contribution in [0.15, 0.2) is 12.4 Å². The Balaban J connectivity index is 1.70. The van der Waals surface area contributed by atoms with Crippen LogP contribution >= 0.6 is 0 Å². The number of rotatable bonds is 3. The van der Waals surface area contributed by atoms with Crippen molar-refractivity contribution in [3.8, 4) is 0 Å². The summed E-state index contributed by atoms with van der Waals surface area (Å²) in [5, 5.41) is 3.68. The van der Waals surface area contributed by atoms with E-state index in [1.807, 2.05) is 6.20 Å². The van der Waals surface area contributed by atoms with Crippen LogP contribution in [-0.4, -0.2) is 39.6 Å². The summed E-state index contributed by atoms with van der Waals surface area (Å²) in [5.74, 6) is 1.24. The second-order valence-electron chi connectivity index (χ2n) is 5.52. The molecule has 2 atom stereocenters. The molecule has 0 radical (unpaired) electrons. The molecule has 100 valence electrons. The highest BCUT2D eigenvalue weighted by Crippen LogP contribution is 2.26. The lowest BCUT2D eigenvalue weighted by Gasteiger charge is -2.42.